The minimum absolute atomic E-state index is 0.196. The van der Waals surface area contributed by atoms with E-state index in [0.717, 1.165) is 4.88 Å². The fourth-order valence-electron chi connectivity index (χ4n) is 3.40. The quantitative estimate of drug-likeness (QED) is 0.466. The lowest BCUT2D eigenvalue weighted by molar-refractivity contribution is -0.140. The lowest BCUT2D eigenvalue weighted by Crippen LogP contribution is -2.39. The Hall–Kier alpha value is -2.19. The molecule has 0 amide bonds. The topological polar surface area (TPSA) is 60.7 Å². The van der Waals surface area contributed by atoms with Gasteiger partial charge in [-0.1, -0.05) is 60.5 Å². The number of hydrogen-bond acceptors (Lipinski definition) is 6. The number of thiophene rings is 1. The minimum atomic E-state index is -0.602. The number of allylic oxidation sites excluding steroid dienone is 1. The third-order valence-electron chi connectivity index (χ3n) is 4.88. The maximum Gasteiger partial charge on any atom is 0.338 e. The van der Waals surface area contributed by atoms with Crippen LogP contribution in [0.15, 0.2) is 56.8 Å². The lowest BCUT2D eigenvalue weighted by Gasteiger charge is -2.23. The largest absolute Gasteiger partial charge is 0.462 e. The minimum Gasteiger partial charge on any atom is -0.462 e. The Bertz CT molecular complexity index is 1370. The van der Waals surface area contributed by atoms with Crippen LogP contribution in [-0.2, 0) is 9.53 Å². The fourth-order valence-corrected chi connectivity index (χ4v) is 5.76. The SMILES string of the molecule is CC1=C(C(=O)OCC(C)C)[C@H](c2cccs2)n2c(s/c(=C\c3c(Cl)cccc3Cl)c2=O)=N1. The molecule has 0 N–H and O–H groups in total. The lowest BCUT2D eigenvalue weighted by atomic mass is 10.0. The molecular weight excluding hydrogens is 487 g/mol. The number of carbonyl (C=O) groups is 1. The van der Waals surface area contributed by atoms with Crippen LogP contribution in [0.1, 0.15) is 37.3 Å². The van der Waals surface area contributed by atoms with Gasteiger partial charge in [0.1, 0.15) is 6.04 Å². The molecule has 0 fully saturated rings. The van der Waals surface area contributed by atoms with Gasteiger partial charge in [0.05, 0.1) is 22.4 Å². The van der Waals surface area contributed by atoms with Crippen molar-refractivity contribution < 1.29 is 9.53 Å². The van der Waals surface area contributed by atoms with Crippen LogP contribution >= 0.6 is 45.9 Å². The van der Waals surface area contributed by atoms with E-state index in [9.17, 15) is 9.59 Å². The van der Waals surface area contributed by atoms with Crippen LogP contribution in [-0.4, -0.2) is 17.1 Å². The van der Waals surface area contributed by atoms with Gasteiger partial charge in [0.15, 0.2) is 4.80 Å². The zero-order chi connectivity index (χ0) is 23.0. The number of ether oxygens (including phenoxy) is 1. The number of esters is 1. The van der Waals surface area contributed by atoms with Gasteiger partial charge in [0.2, 0.25) is 0 Å². The smallest absolute Gasteiger partial charge is 0.338 e. The summed E-state index contributed by atoms with van der Waals surface area (Å²) in [5, 5.41) is 2.82. The van der Waals surface area contributed by atoms with Crippen molar-refractivity contribution in [2.45, 2.75) is 26.8 Å². The van der Waals surface area contributed by atoms with Crippen LogP contribution < -0.4 is 14.9 Å². The average Bonchev–Trinajstić information content (AvgIpc) is 3.37. The standard InChI is InChI=1S/C23H20Cl2N2O3S2/c1-12(2)11-30-22(29)19-13(3)26-23-27(20(19)17-8-5-9-31-17)21(28)18(32-23)10-14-15(24)6-4-7-16(14)25/h4-10,12,20H,11H2,1-3H3/b18-10-/t20-/m0/s1. The Kier molecular flexibility index (Phi) is 6.72. The molecule has 3 aromatic rings. The molecule has 1 atom stereocenters. The Morgan fingerprint density at radius 1 is 1.25 bits per heavy atom. The van der Waals surface area contributed by atoms with E-state index in [1.54, 1.807) is 35.8 Å². The Morgan fingerprint density at radius 2 is 1.97 bits per heavy atom. The molecule has 3 heterocycles. The van der Waals surface area contributed by atoms with E-state index in [4.69, 9.17) is 27.9 Å². The highest BCUT2D eigenvalue weighted by Crippen LogP contribution is 2.33. The van der Waals surface area contributed by atoms with Crippen molar-refractivity contribution in [1.82, 2.24) is 4.57 Å². The zero-order valence-electron chi connectivity index (χ0n) is 17.6. The molecular formula is C23H20Cl2N2O3S2. The van der Waals surface area contributed by atoms with Crippen LogP contribution in [0, 0.1) is 5.92 Å². The molecule has 0 radical (unpaired) electrons. The Balaban J connectivity index is 1.91. The molecule has 2 aromatic heterocycles. The molecule has 166 valence electrons. The summed E-state index contributed by atoms with van der Waals surface area (Å²) in [5.74, 6) is -0.261. The van der Waals surface area contributed by atoms with E-state index in [2.05, 4.69) is 4.99 Å². The van der Waals surface area contributed by atoms with Crippen LogP contribution in [0.4, 0.5) is 0 Å². The van der Waals surface area contributed by atoms with Gasteiger partial charge in [-0.15, -0.1) is 11.3 Å². The normalized spacial score (nSPS) is 16.3. The Morgan fingerprint density at radius 3 is 2.59 bits per heavy atom. The fraction of sp³-hybridized carbons (Fsp3) is 0.261. The first kappa shape index (κ1) is 23.0. The average molecular weight is 507 g/mol. The highest BCUT2D eigenvalue weighted by Gasteiger charge is 2.34. The molecule has 1 aliphatic heterocycles. The van der Waals surface area contributed by atoms with Crippen molar-refractivity contribution >= 4 is 57.9 Å². The van der Waals surface area contributed by atoms with Crippen molar-refractivity contribution in [2.75, 3.05) is 6.61 Å². The number of thiazole rings is 1. The van der Waals surface area contributed by atoms with Crippen LogP contribution in [0.5, 0.6) is 0 Å². The Labute approximate surface area is 202 Å². The number of hydrogen-bond donors (Lipinski definition) is 0. The highest BCUT2D eigenvalue weighted by atomic mass is 35.5. The van der Waals surface area contributed by atoms with E-state index < -0.39 is 12.0 Å². The highest BCUT2D eigenvalue weighted by molar-refractivity contribution is 7.10. The molecule has 0 saturated heterocycles. The number of carbonyl (C=O) groups excluding carboxylic acids is 1. The summed E-state index contributed by atoms with van der Waals surface area (Å²) in [4.78, 5) is 32.5. The molecule has 0 saturated carbocycles. The van der Waals surface area contributed by atoms with E-state index >= 15 is 0 Å². The van der Waals surface area contributed by atoms with Crippen molar-refractivity contribution in [3.05, 3.63) is 87.2 Å². The van der Waals surface area contributed by atoms with Crippen LogP contribution in [0.25, 0.3) is 6.08 Å². The molecule has 4 rings (SSSR count). The summed E-state index contributed by atoms with van der Waals surface area (Å²) in [7, 11) is 0. The van der Waals surface area contributed by atoms with Gasteiger partial charge in [0, 0.05) is 20.5 Å². The second-order valence-corrected chi connectivity index (χ2v) is 10.5. The van der Waals surface area contributed by atoms with Gasteiger partial charge in [0.25, 0.3) is 5.56 Å². The van der Waals surface area contributed by atoms with Gasteiger partial charge in [-0.25, -0.2) is 9.79 Å². The second kappa shape index (κ2) is 9.35. The second-order valence-electron chi connectivity index (χ2n) is 7.72. The van der Waals surface area contributed by atoms with Gasteiger partial charge >= 0.3 is 5.97 Å². The maximum atomic E-state index is 13.5. The molecule has 1 aromatic carbocycles. The summed E-state index contributed by atoms with van der Waals surface area (Å²) in [5.41, 5.74) is 1.23. The van der Waals surface area contributed by atoms with Crippen molar-refractivity contribution in [2.24, 2.45) is 10.9 Å². The third kappa shape index (κ3) is 4.35. The predicted molar refractivity (Wildman–Crippen MR) is 130 cm³/mol. The van der Waals surface area contributed by atoms with Gasteiger partial charge in [-0.2, -0.15) is 0 Å². The molecule has 5 nitrogen and oxygen atoms in total. The van der Waals surface area contributed by atoms with E-state index in [-0.39, 0.29) is 11.5 Å². The monoisotopic (exact) mass is 506 g/mol. The summed E-state index contributed by atoms with van der Waals surface area (Å²) in [6.07, 6.45) is 1.68. The molecule has 0 aliphatic carbocycles. The molecule has 0 bridgehead atoms. The first-order valence-corrected chi connectivity index (χ1v) is 12.4. The number of rotatable bonds is 5. The number of nitrogens with zero attached hydrogens (tertiary/aromatic N) is 2. The zero-order valence-corrected chi connectivity index (χ0v) is 20.7. The van der Waals surface area contributed by atoms with Crippen molar-refractivity contribution in [3.8, 4) is 0 Å². The summed E-state index contributed by atoms with van der Waals surface area (Å²) in [6.45, 7) is 6.01. The molecule has 9 heteroatoms. The molecule has 1 aliphatic rings. The van der Waals surface area contributed by atoms with Crippen molar-refractivity contribution in [3.63, 3.8) is 0 Å². The van der Waals surface area contributed by atoms with Crippen LogP contribution in [0.2, 0.25) is 10.0 Å². The maximum absolute atomic E-state index is 13.5. The molecule has 0 spiro atoms. The van der Waals surface area contributed by atoms with Crippen molar-refractivity contribution in [1.29, 1.82) is 0 Å². The third-order valence-corrected chi connectivity index (χ3v) is 7.44. The summed E-state index contributed by atoms with van der Waals surface area (Å²) < 4.78 is 7.52. The van der Waals surface area contributed by atoms with Gasteiger partial charge in [-0.3, -0.25) is 9.36 Å². The first-order valence-electron chi connectivity index (χ1n) is 9.95. The molecule has 0 unspecified atom stereocenters. The summed E-state index contributed by atoms with van der Waals surface area (Å²) >= 11 is 15.3. The molecule has 32 heavy (non-hydrogen) atoms. The predicted octanol–water partition coefficient (Wildman–Crippen LogP) is 4.80. The van der Waals surface area contributed by atoms with Gasteiger partial charge in [-0.05, 0) is 42.5 Å². The van der Waals surface area contributed by atoms with E-state index in [1.165, 1.54) is 22.7 Å². The number of halogens is 2. The van der Waals surface area contributed by atoms with Crippen LogP contribution in [0.3, 0.4) is 0 Å². The van der Waals surface area contributed by atoms with Gasteiger partial charge < -0.3 is 4.74 Å². The number of fused-ring (bicyclic) bond motifs is 1. The number of benzene rings is 1. The first-order chi connectivity index (χ1) is 15.3. The van der Waals surface area contributed by atoms with E-state index in [0.29, 0.717) is 42.8 Å². The summed E-state index contributed by atoms with van der Waals surface area (Å²) in [6, 6.07) is 8.39. The van der Waals surface area contributed by atoms with E-state index in [1.807, 2.05) is 31.4 Å². The number of aromatic nitrogens is 1.